The first kappa shape index (κ1) is 19.9. The summed E-state index contributed by atoms with van der Waals surface area (Å²) >= 11 is 0. The number of benzene rings is 1. The molecule has 140 valence electrons. The molecule has 0 aromatic heterocycles. The summed E-state index contributed by atoms with van der Waals surface area (Å²) in [6, 6.07) is 6.24. The number of anilines is 1. The Morgan fingerprint density at radius 1 is 1.24 bits per heavy atom. The van der Waals surface area contributed by atoms with Crippen LogP contribution in [-0.2, 0) is 20.4 Å². The van der Waals surface area contributed by atoms with Crippen molar-refractivity contribution in [3.05, 3.63) is 29.8 Å². The molecule has 3 N–H and O–H groups in total. The van der Waals surface area contributed by atoms with Gasteiger partial charge in [0.05, 0.1) is 17.6 Å². The first-order valence-electron chi connectivity index (χ1n) is 8.93. The van der Waals surface area contributed by atoms with Crippen LogP contribution in [-0.4, -0.2) is 43.9 Å². The number of aliphatic hydroxyl groups is 1. The van der Waals surface area contributed by atoms with Crippen molar-refractivity contribution in [2.75, 3.05) is 17.6 Å². The number of amides is 1. The minimum Gasteiger partial charge on any atom is -0.391 e. The maximum atomic E-state index is 12.1. The molecule has 2 unspecified atom stereocenters. The second kappa shape index (κ2) is 9.31. The molecule has 6 nitrogen and oxygen atoms in total. The zero-order valence-corrected chi connectivity index (χ0v) is 15.5. The van der Waals surface area contributed by atoms with Crippen molar-refractivity contribution in [3.63, 3.8) is 0 Å². The molecule has 1 aliphatic heterocycles. The van der Waals surface area contributed by atoms with Crippen molar-refractivity contribution in [1.29, 1.82) is 0 Å². The Balaban J connectivity index is 1.85. The van der Waals surface area contributed by atoms with Gasteiger partial charge in [-0.1, -0.05) is 38.3 Å². The zero-order chi connectivity index (χ0) is 18.3. The third-order valence-electron chi connectivity index (χ3n) is 4.39. The average Bonchev–Trinajstić information content (AvgIpc) is 2.99. The lowest BCUT2D eigenvalue weighted by atomic mass is 10.1. The molecule has 1 fully saturated rings. The van der Waals surface area contributed by atoms with Crippen LogP contribution in [0.5, 0.6) is 0 Å². The summed E-state index contributed by atoms with van der Waals surface area (Å²) in [5.74, 6) is -0.0336. The number of carbonyl (C=O) groups is 1. The standard InChI is InChI=1S/C18H28N2O4S/c1-2-3-4-5-12-25(23,24)13-14-6-8-15(9-7-14)20-18(22)17-16(21)10-11-19-17/h6-9,16-17,19,21H,2-5,10-13H2,1H3,(H,20,22). The van der Waals surface area contributed by atoms with Crippen molar-refractivity contribution in [2.24, 2.45) is 0 Å². The largest absolute Gasteiger partial charge is 0.391 e. The van der Waals surface area contributed by atoms with E-state index in [1.165, 1.54) is 0 Å². The summed E-state index contributed by atoms with van der Waals surface area (Å²) in [6.07, 6.45) is 3.70. The van der Waals surface area contributed by atoms with E-state index in [0.29, 0.717) is 30.6 Å². The fourth-order valence-electron chi connectivity index (χ4n) is 2.94. The van der Waals surface area contributed by atoms with E-state index in [-0.39, 0.29) is 17.4 Å². The molecule has 2 atom stereocenters. The number of carbonyl (C=O) groups excluding carboxylic acids is 1. The Morgan fingerprint density at radius 3 is 2.56 bits per heavy atom. The van der Waals surface area contributed by atoms with Crippen molar-refractivity contribution in [3.8, 4) is 0 Å². The van der Waals surface area contributed by atoms with Crippen LogP contribution in [0.3, 0.4) is 0 Å². The van der Waals surface area contributed by atoms with E-state index in [9.17, 15) is 18.3 Å². The third kappa shape index (κ3) is 6.41. The number of hydrogen-bond acceptors (Lipinski definition) is 5. The maximum absolute atomic E-state index is 12.1. The van der Waals surface area contributed by atoms with Gasteiger partial charge in [0.25, 0.3) is 0 Å². The minimum absolute atomic E-state index is 0.0241. The Labute approximate surface area is 149 Å². The van der Waals surface area contributed by atoms with Gasteiger partial charge in [0.1, 0.15) is 6.04 Å². The summed E-state index contributed by atoms with van der Waals surface area (Å²) in [5.41, 5.74) is 1.31. The molecule has 0 spiro atoms. The van der Waals surface area contributed by atoms with E-state index in [1.54, 1.807) is 24.3 Å². The molecule has 1 aromatic rings. The topological polar surface area (TPSA) is 95.5 Å². The van der Waals surface area contributed by atoms with E-state index in [1.807, 2.05) is 0 Å². The molecular weight excluding hydrogens is 340 g/mol. The van der Waals surface area contributed by atoms with E-state index in [0.717, 1.165) is 19.3 Å². The van der Waals surface area contributed by atoms with E-state index in [2.05, 4.69) is 17.6 Å². The Kier molecular flexibility index (Phi) is 7.40. The monoisotopic (exact) mass is 368 g/mol. The highest BCUT2D eigenvalue weighted by Gasteiger charge is 2.30. The normalized spacial score (nSPS) is 20.6. The van der Waals surface area contributed by atoms with Crippen LogP contribution in [0.4, 0.5) is 5.69 Å². The molecule has 0 saturated carbocycles. The molecule has 0 aliphatic carbocycles. The van der Waals surface area contributed by atoms with E-state index in [4.69, 9.17) is 0 Å². The van der Waals surface area contributed by atoms with E-state index >= 15 is 0 Å². The quantitative estimate of drug-likeness (QED) is 0.578. The van der Waals surface area contributed by atoms with E-state index < -0.39 is 22.0 Å². The first-order valence-corrected chi connectivity index (χ1v) is 10.7. The Bertz CT molecular complexity index is 658. The van der Waals surface area contributed by atoms with Gasteiger partial charge in [-0.3, -0.25) is 4.79 Å². The number of nitrogens with one attached hydrogen (secondary N) is 2. The molecule has 7 heteroatoms. The minimum atomic E-state index is -3.10. The predicted molar refractivity (Wildman–Crippen MR) is 99.1 cm³/mol. The molecular formula is C18H28N2O4S. The van der Waals surface area contributed by atoms with Crippen molar-refractivity contribution >= 4 is 21.4 Å². The Morgan fingerprint density at radius 2 is 1.96 bits per heavy atom. The molecule has 25 heavy (non-hydrogen) atoms. The maximum Gasteiger partial charge on any atom is 0.244 e. The molecule has 1 saturated heterocycles. The number of sulfone groups is 1. The second-order valence-corrected chi connectivity index (χ2v) is 8.81. The molecule has 1 aromatic carbocycles. The smallest absolute Gasteiger partial charge is 0.244 e. The van der Waals surface area contributed by atoms with Gasteiger partial charge in [-0.15, -0.1) is 0 Å². The SMILES string of the molecule is CCCCCCS(=O)(=O)Cc1ccc(NC(=O)C2NCCC2O)cc1. The molecule has 1 amide bonds. The van der Waals surface area contributed by atoms with Crippen LogP contribution in [0.25, 0.3) is 0 Å². The van der Waals surface area contributed by atoms with Crippen LogP contribution in [0.2, 0.25) is 0 Å². The lowest BCUT2D eigenvalue weighted by Crippen LogP contribution is -2.42. The number of hydrogen-bond donors (Lipinski definition) is 3. The van der Waals surface area contributed by atoms with Crippen molar-refractivity contribution in [1.82, 2.24) is 5.32 Å². The van der Waals surface area contributed by atoms with Gasteiger partial charge in [-0.05, 0) is 37.1 Å². The summed E-state index contributed by atoms with van der Waals surface area (Å²) in [7, 11) is -3.10. The molecule has 0 bridgehead atoms. The molecule has 1 aliphatic rings. The number of unbranched alkanes of at least 4 members (excludes halogenated alkanes) is 3. The zero-order valence-electron chi connectivity index (χ0n) is 14.7. The van der Waals surface area contributed by atoms with Gasteiger partial charge in [-0.2, -0.15) is 0 Å². The molecule has 2 rings (SSSR count). The fraction of sp³-hybridized carbons (Fsp3) is 0.611. The number of rotatable bonds is 9. The lowest BCUT2D eigenvalue weighted by Gasteiger charge is -2.15. The summed E-state index contributed by atoms with van der Waals surface area (Å²) in [6.45, 7) is 2.71. The van der Waals surface area contributed by atoms with Crippen LogP contribution in [0.15, 0.2) is 24.3 Å². The van der Waals surface area contributed by atoms with Gasteiger partial charge in [0, 0.05) is 5.69 Å². The average molecular weight is 368 g/mol. The van der Waals surface area contributed by atoms with Crippen molar-refractivity contribution < 1.29 is 18.3 Å². The van der Waals surface area contributed by atoms with Crippen LogP contribution >= 0.6 is 0 Å². The Hall–Kier alpha value is -1.44. The van der Waals surface area contributed by atoms with Gasteiger partial charge in [0.2, 0.25) is 5.91 Å². The summed E-state index contributed by atoms with van der Waals surface area (Å²) < 4.78 is 24.3. The highest BCUT2D eigenvalue weighted by molar-refractivity contribution is 7.90. The predicted octanol–water partition coefficient (Wildman–Crippen LogP) is 1.84. The van der Waals surface area contributed by atoms with Crippen LogP contribution in [0.1, 0.15) is 44.6 Å². The van der Waals surface area contributed by atoms with Crippen LogP contribution in [0, 0.1) is 0 Å². The van der Waals surface area contributed by atoms with Gasteiger partial charge >= 0.3 is 0 Å². The summed E-state index contributed by atoms with van der Waals surface area (Å²) in [5, 5.41) is 15.4. The highest BCUT2D eigenvalue weighted by Crippen LogP contribution is 2.15. The molecule has 1 heterocycles. The number of aliphatic hydroxyl groups excluding tert-OH is 1. The van der Waals surface area contributed by atoms with Crippen LogP contribution < -0.4 is 10.6 Å². The van der Waals surface area contributed by atoms with Crippen molar-refractivity contribution in [2.45, 2.75) is 56.9 Å². The first-order chi connectivity index (χ1) is 11.9. The van der Waals surface area contributed by atoms with Gasteiger partial charge in [-0.25, -0.2) is 8.42 Å². The lowest BCUT2D eigenvalue weighted by molar-refractivity contribution is -0.119. The molecule has 0 radical (unpaired) electrons. The van der Waals surface area contributed by atoms with Gasteiger partial charge < -0.3 is 15.7 Å². The van der Waals surface area contributed by atoms with Gasteiger partial charge in [0.15, 0.2) is 9.84 Å². The second-order valence-electron chi connectivity index (χ2n) is 6.63. The summed E-state index contributed by atoms with van der Waals surface area (Å²) in [4.78, 5) is 12.1. The third-order valence-corrected chi connectivity index (χ3v) is 6.07. The highest BCUT2D eigenvalue weighted by atomic mass is 32.2. The fourth-order valence-corrected chi connectivity index (χ4v) is 4.42.